The molecule has 4 heteroatoms. The largest absolute Gasteiger partial charge is 0.423 e. The Morgan fingerprint density at radius 2 is 1.97 bits per heavy atom. The maximum absolute atomic E-state index is 12.2. The normalized spacial score (nSPS) is 39.0. The quantitative estimate of drug-likeness (QED) is 0.272. The molecule has 0 amide bonds. The zero-order chi connectivity index (χ0) is 21.7. The molecule has 0 aromatic heterocycles. The number of hydrogen-bond acceptors (Lipinski definition) is 4. The summed E-state index contributed by atoms with van der Waals surface area (Å²) >= 11 is 0. The van der Waals surface area contributed by atoms with Crippen molar-refractivity contribution in [3.63, 3.8) is 0 Å². The van der Waals surface area contributed by atoms with Crippen LogP contribution in [0.4, 0.5) is 0 Å². The van der Waals surface area contributed by atoms with E-state index in [1.807, 2.05) is 19.9 Å². The van der Waals surface area contributed by atoms with E-state index >= 15 is 0 Å². The Balaban J connectivity index is 1.62. The topological polar surface area (TPSA) is 60.4 Å². The standard InChI is InChI=1S/C26H34O4/c1-16(2)13-24(29)30-23(15-27)22-8-7-20-19-6-5-17-14-18(28)9-11-25(17,3)21(19)10-12-26(20,22)4/h9,11,14-16,19-21H,5-8,10,12-13H2,1-4H3/b23-22-/t19-,20-,21-,25-,26-/m0/s1. The molecule has 0 spiro atoms. The van der Waals surface area contributed by atoms with Crippen molar-refractivity contribution in [2.75, 3.05) is 0 Å². The summed E-state index contributed by atoms with van der Waals surface area (Å²) in [4.78, 5) is 36.1. The SMILES string of the molecule is CC(C)CC(=O)O/C(C=O)=C1/CC[C@H]2[C@@H]3CCC4=CC(=O)C=C[C@]4(C)[C@H]3CC[C@]12C. The number of carbonyl (C=O) groups excluding carboxylic acids is 3. The van der Waals surface area contributed by atoms with Crippen LogP contribution >= 0.6 is 0 Å². The van der Waals surface area contributed by atoms with Gasteiger partial charge in [0.05, 0.1) is 0 Å². The van der Waals surface area contributed by atoms with Gasteiger partial charge in [0, 0.05) is 11.8 Å². The second-order valence-electron chi connectivity index (χ2n) is 10.6. The van der Waals surface area contributed by atoms with Gasteiger partial charge in [-0.25, -0.2) is 0 Å². The van der Waals surface area contributed by atoms with Crippen molar-refractivity contribution in [3.8, 4) is 0 Å². The molecule has 0 heterocycles. The zero-order valence-corrected chi connectivity index (χ0v) is 18.7. The van der Waals surface area contributed by atoms with E-state index in [1.165, 1.54) is 5.57 Å². The average molecular weight is 411 g/mol. The summed E-state index contributed by atoms with van der Waals surface area (Å²) in [6.07, 6.45) is 12.9. The van der Waals surface area contributed by atoms with Gasteiger partial charge in [0.1, 0.15) is 0 Å². The molecule has 0 bridgehead atoms. The highest BCUT2D eigenvalue weighted by atomic mass is 16.5. The molecule has 0 aromatic carbocycles. The van der Waals surface area contributed by atoms with E-state index < -0.39 is 0 Å². The molecule has 0 aromatic rings. The first-order valence-electron chi connectivity index (χ1n) is 11.5. The van der Waals surface area contributed by atoms with Crippen molar-refractivity contribution < 1.29 is 19.1 Å². The molecule has 30 heavy (non-hydrogen) atoms. The molecular formula is C26H34O4. The highest BCUT2D eigenvalue weighted by Crippen LogP contribution is 2.66. The Kier molecular flexibility index (Phi) is 5.40. The summed E-state index contributed by atoms with van der Waals surface area (Å²) in [5.41, 5.74) is 2.24. The van der Waals surface area contributed by atoms with Gasteiger partial charge in [-0.2, -0.15) is 0 Å². The molecule has 162 valence electrons. The number of fused-ring (bicyclic) bond motifs is 5. The first kappa shape index (κ1) is 21.3. The number of ether oxygens (including phenoxy) is 1. The zero-order valence-electron chi connectivity index (χ0n) is 18.7. The lowest BCUT2D eigenvalue weighted by atomic mass is 9.48. The molecule has 0 radical (unpaired) electrons. The van der Waals surface area contributed by atoms with E-state index in [0.717, 1.165) is 50.4 Å². The van der Waals surface area contributed by atoms with Crippen LogP contribution in [-0.2, 0) is 19.1 Å². The summed E-state index contributed by atoms with van der Waals surface area (Å²) in [6, 6.07) is 0. The lowest BCUT2D eigenvalue weighted by Crippen LogP contribution is -2.48. The predicted octanol–water partition coefficient (Wildman–Crippen LogP) is 5.34. The fraction of sp³-hybridized carbons (Fsp3) is 0.654. The van der Waals surface area contributed by atoms with Gasteiger partial charge in [-0.05, 0) is 85.3 Å². The Labute approximate surface area is 179 Å². The molecule has 0 aliphatic heterocycles. The molecule has 5 atom stereocenters. The predicted molar refractivity (Wildman–Crippen MR) is 115 cm³/mol. The second kappa shape index (κ2) is 7.62. The minimum Gasteiger partial charge on any atom is -0.423 e. The monoisotopic (exact) mass is 410 g/mol. The first-order valence-corrected chi connectivity index (χ1v) is 11.5. The fourth-order valence-electron chi connectivity index (χ4n) is 7.07. The highest BCUT2D eigenvalue weighted by molar-refractivity contribution is 6.01. The van der Waals surface area contributed by atoms with Crippen molar-refractivity contribution in [3.05, 3.63) is 35.1 Å². The summed E-state index contributed by atoms with van der Waals surface area (Å²) in [7, 11) is 0. The molecule has 3 saturated carbocycles. The van der Waals surface area contributed by atoms with Gasteiger partial charge in [-0.1, -0.05) is 39.3 Å². The van der Waals surface area contributed by atoms with Gasteiger partial charge in [-0.15, -0.1) is 0 Å². The molecule has 4 aliphatic carbocycles. The number of esters is 1. The third kappa shape index (κ3) is 3.33. The molecule has 4 rings (SSSR count). The molecule has 0 N–H and O–H groups in total. The van der Waals surface area contributed by atoms with Gasteiger partial charge in [0.2, 0.25) is 0 Å². The second-order valence-corrected chi connectivity index (χ2v) is 10.6. The van der Waals surface area contributed by atoms with Crippen molar-refractivity contribution in [2.24, 2.45) is 34.5 Å². The van der Waals surface area contributed by atoms with Crippen molar-refractivity contribution in [1.29, 1.82) is 0 Å². The number of ketones is 1. The van der Waals surface area contributed by atoms with Crippen LogP contribution in [-0.4, -0.2) is 18.0 Å². The summed E-state index contributed by atoms with van der Waals surface area (Å²) in [5, 5.41) is 0. The summed E-state index contributed by atoms with van der Waals surface area (Å²) < 4.78 is 5.58. The third-order valence-corrected chi connectivity index (χ3v) is 8.54. The number of rotatable bonds is 4. The van der Waals surface area contributed by atoms with Crippen LogP contribution in [0.2, 0.25) is 0 Å². The molecule has 4 aliphatic rings. The van der Waals surface area contributed by atoms with E-state index in [-0.39, 0.29) is 34.3 Å². The molecule has 4 nitrogen and oxygen atoms in total. The highest BCUT2D eigenvalue weighted by Gasteiger charge is 2.57. The third-order valence-electron chi connectivity index (χ3n) is 8.54. The van der Waals surface area contributed by atoms with Crippen LogP contribution in [0.15, 0.2) is 35.1 Å². The van der Waals surface area contributed by atoms with Crippen LogP contribution in [0.3, 0.4) is 0 Å². The van der Waals surface area contributed by atoms with E-state index in [1.54, 1.807) is 6.08 Å². The first-order chi connectivity index (χ1) is 14.2. The smallest absolute Gasteiger partial charge is 0.311 e. The van der Waals surface area contributed by atoms with Crippen molar-refractivity contribution in [1.82, 2.24) is 0 Å². The Morgan fingerprint density at radius 3 is 2.67 bits per heavy atom. The van der Waals surface area contributed by atoms with Crippen molar-refractivity contribution >= 4 is 18.0 Å². The van der Waals surface area contributed by atoms with Gasteiger partial charge >= 0.3 is 5.97 Å². The summed E-state index contributed by atoms with van der Waals surface area (Å²) in [5.74, 6) is 1.88. The van der Waals surface area contributed by atoms with Crippen LogP contribution in [0.5, 0.6) is 0 Å². The Hall–Kier alpha value is -1.97. The number of carbonyl (C=O) groups is 3. The lowest BCUT2D eigenvalue weighted by molar-refractivity contribution is -0.142. The maximum Gasteiger partial charge on any atom is 0.311 e. The number of aldehydes is 1. The van der Waals surface area contributed by atoms with E-state index in [9.17, 15) is 14.4 Å². The lowest BCUT2D eigenvalue weighted by Gasteiger charge is -2.56. The Bertz CT molecular complexity index is 860. The Morgan fingerprint density at radius 1 is 1.20 bits per heavy atom. The molecular weight excluding hydrogens is 376 g/mol. The van der Waals surface area contributed by atoms with Crippen LogP contribution in [0.1, 0.15) is 72.6 Å². The van der Waals surface area contributed by atoms with E-state index in [2.05, 4.69) is 19.9 Å². The average Bonchev–Trinajstić information content (AvgIpc) is 3.03. The van der Waals surface area contributed by atoms with Crippen molar-refractivity contribution in [2.45, 2.75) is 72.6 Å². The molecule has 0 unspecified atom stereocenters. The van der Waals surface area contributed by atoms with Crippen LogP contribution in [0.25, 0.3) is 0 Å². The summed E-state index contributed by atoms with van der Waals surface area (Å²) in [6.45, 7) is 8.53. The van der Waals surface area contributed by atoms with E-state index in [0.29, 0.717) is 24.2 Å². The van der Waals surface area contributed by atoms with E-state index in [4.69, 9.17) is 4.74 Å². The van der Waals surface area contributed by atoms with Gasteiger partial charge in [-0.3, -0.25) is 14.4 Å². The minimum atomic E-state index is -0.308. The fourth-order valence-corrected chi connectivity index (χ4v) is 7.07. The van der Waals surface area contributed by atoms with Gasteiger partial charge in [0.15, 0.2) is 17.8 Å². The van der Waals surface area contributed by atoms with Crippen LogP contribution < -0.4 is 0 Å². The number of hydrogen-bond donors (Lipinski definition) is 0. The van der Waals surface area contributed by atoms with Gasteiger partial charge < -0.3 is 4.74 Å². The molecule has 0 saturated heterocycles. The minimum absolute atomic E-state index is 0.0259. The molecule has 3 fully saturated rings. The number of allylic oxidation sites excluding steroid dienone is 6. The van der Waals surface area contributed by atoms with Gasteiger partial charge in [0.25, 0.3) is 0 Å². The van der Waals surface area contributed by atoms with Crippen LogP contribution in [0, 0.1) is 34.5 Å². The maximum atomic E-state index is 12.2.